The number of rotatable bonds is 8. The summed E-state index contributed by atoms with van der Waals surface area (Å²) in [7, 11) is 0. The lowest BCUT2D eigenvalue weighted by atomic mass is 9.79. The number of aliphatic carboxylic acids is 1. The molecule has 10 heteroatoms. The first-order chi connectivity index (χ1) is 13.1. The van der Waals surface area contributed by atoms with Crippen LogP contribution < -0.4 is 16.4 Å². The summed E-state index contributed by atoms with van der Waals surface area (Å²) in [6, 6.07) is -1.01. The van der Waals surface area contributed by atoms with Gasteiger partial charge in [0, 0.05) is 18.4 Å². The van der Waals surface area contributed by atoms with Crippen LogP contribution >= 0.6 is 0 Å². The minimum absolute atomic E-state index is 0.00431. The standard InChI is InChI=1S/C18H27N3O7/c19-13(23)9-20-17(28)10-5-11(16(27)12(22)6-10)21-14(24)7-18(8-15(25)26)3-1-2-4-18/h5,11-12,16,22,27H,1-4,6-9H2,(H2,19,23)(H,20,28)(H,21,24)(H,25,26). The molecule has 0 heterocycles. The van der Waals surface area contributed by atoms with Crippen molar-refractivity contribution >= 4 is 23.7 Å². The molecule has 7 N–H and O–H groups in total. The normalized spacial score (nSPS) is 26.2. The van der Waals surface area contributed by atoms with Crippen molar-refractivity contribution in [1.29, 1.82) is 0 Å². The molecule has 0 aliphatic heterocycles. The molecular formula is C18H27N3O7. The summed E-state index contributed by atoms with van der Waals surface area (Å²) in [4.78, 5) is 46.5. The Labute approximate surface area is 162 Å². The van der Waals surface area contributed by atoms with E-state index < -0.39 is 47.4 Å². The lowest BCUT2D eigenvalue weighted by Crippen LogP contribution is -2.51. The highest BCUT2D eigenvalue weighted by Gasteiger charge is 2.39. The topological polar surface area (TPSA) is 179 Å². The van der Waals surface area contributed by atoms with Gasteiger partial charge in [0.2, 0.25) is 17.7 Å². The highest BCUT2D eigenvalue weighted by Crippen LogP contribution is 2.44. The summed E-state index contributed by atoms with van der Waals surface area (Å²) in [6.45, 7) is -0.371. The van der Waals surface area contributed by atoms with Crippen LogP contribution in [-0.4, -0.2) is 63.8 Å². The van der Waals surface area contributed by atoms with Crippen LogP contribution in [0.25, 0.3) is 0 Å². The quantitative estimate of drug-likeness (QED) is 0.290. The number of aliphatic hydroxyl groups excluding tert-OH is 2. The second-order valence-electron chi connectivity index (χ2n) is 7.65. The number of amides is 3. The third kappa shape index (κ3) is 5.77. The first-order valence-electron chi connectivity index (χ1n) is 9.26. The van der Waals surface area contributed by atoms with Crippen LogP contribution in [0, 0.1) is 5.41 Å². The Morgan fingerprint density at radius 2 is 1.79 bits per heavy atom. The predicted octanol–water partition coefficient (Wildman–Crippen LogP) is -1.45. The minimum atomic E-state index is -1.31. The van der Waals surface area contributed by atoms with Gasteiger partial charge in [-0.25, -0.2) is 0 Å². The number of primary amides is 1. The zero-order chi connectivity index (χ0) is 20.9. The first-order valence-corrected chi connectivity index (χ1v) is 9.26. The molecular weight excluding hydrogens is 370 g/mol. The van der Waals surface area contributed by atoms with Crippen LogP contribution in [0.3, 0.4) is 0 Å². The fourth-order valence-electron chi connectivity index (χ4n) is 3.98. The van der Waals surface area contributed by atoms with Crippen molar-refractivity contribution in [1.82, 2.24) is 10.6 Å². The van der Waals surface area contributed by atoms with E-state index in [9.17, 15) is 29.4 Å². The molecule has 3 unspecified atom stereocenters. The van der Waals surface area contributed by atoms with Gasteiger partial charge in [-0.15, -0.1) is 0 Å². The van der Waals surface area contributed by atoms with E-state index >= 15 is 0 Å². The first kappa shape index (κ1) is 21.8. The van der Waals surface area contributed by atoms with Crippen LogP contribution in [0.4, 0.5) is 0 Å². The van der Waals surface area contributed by atoms with E-state index in [0.717, 1.165) is 12.8 Å². The van der Waals surface area contributed by atoms with Crippen LogP contribution in [0.2, 0.25) is 0 Å². The second kappa shape index (κ2) is 9.16. The van der Waals surface area contributed by atoms with Gasteiger partial charge >= 0.3 is 5.97 Å². The van der Waals surface area contributed by atoms with Crippen molar-refractivity contribution in [3.63, 3.8) is 0 Å². The molecule has 0 aromatic heterocycles. The van der Waals surface area contributed by atoms with Gasteiger partial charge in [0.15, 0.2) is 0 Å². The number of aliphatic hydroxyl groups is 2. The molecule has 3 amide bonds. The Hall–Kier alpha value is -2.46. The maximum Gasteiger partial charge on any atom is 0.303 e. The number of nitrogens with one attached hydrogen (secondary N) is 2. The molecule has 10 nitrogen and oxygen atoms in total. The van der Waals surface area contributed by atoms with E-state index in [0.29, 0.717) is 12.8 Å². The van der Waals surface area contributed by atoms with Crippen molar-refractivity contribution in [3.8, 4) is 0 Å². The molecule has 156 valence electrons. The lowest BCUT2D eigenvalue weighted by Gasteiger charge is -2.32. The fourth-order valence-corrected chi connectivity index (χ4v) is 3.98. The number of nitrogens with two attached hydrogens (primary N) is 1. The predicted molar refractivity (Wildman–Crippen MR) is 96.6 cm³/mol. The molecule has 1 saturated carbocycles. The third-order valence-electron chi connectivity index (χ3n) is 5.34. The fraction of sp³-hybridized carbons (Fsp3) is 0.667. The average Bonchev–Trinajstić information content (AvgIpc) is 3.03. The molecule has 0 spiro atoms. The van der Waals surface area contributed by atoms with E-state index in [1.54, 1.807) is 0 Å². The van der Waals surface area contributed by atoms with E-state index in [2.05, 4.69) is 10.6 Å². The summed E-state index contributed by atoms with van der Waals surface area (Å²) in [6.07, 6.45) is 1.50. The molecule has 2 aliphatic carbocycles. The summed E-state index contributed by atoms with van der Waals surface area (Å²) < 4.78 is 0. The number of hydrogen-bond acceptors (Lipinski definition) is 6. The van der Waals surface area contributed by atoms with Gasteiger partial charge in [-0.3, -0.25) is 19.2 Å². The smallest absolute Gasteiger partial charge is 0.303 e. The molecule has 0 aromatic carbocycles. The van der Waals surface area contributed by atoms with Crippen LogP contribution in [-0.2, 0) is 19.2 Å². The Morgan fingerprint density at radius 3 is 2.36 bits per heavy atom. The molecule has 28 heavy (non-hydrogen) atoms. The molecule has 0 bridgehead atoms. The number of carboxylic acids is 1. The van der Waals surface area contributed by atoms with Crippen molar-refractivity contribution in [2.75, 3.05) is 6.54 Å². The highest BCUT2D eigenvalue weighted by atomic mass is 16.4. The maximum atomic E-state index is 12.5. The Morgan fingerprint density at radius 1 is 1.14 bits per heavy atom. The molecule has 0 aromatic rings. The summed E-state index contributed by atoms with van der Waals surface area (Å²) in [5, 5.41) is 34.2. The van der Waals surface area contributed by atoms with Gasteiger partial charge < -0.3 is 31.7 Å². The Kier molecular flexibility index (Phi) is 7.14. The van der Waals surface area contributed by atoms with Gasteiger partial charge in [-0.05, 0) is 18.3 Å². The largest absolute Gasteiger partial charge is 0.481 e. The van der Waals surface area contributed by atoms with Gasteiger partial charge in [0.1, 0.15) is 6.10 Å². The average molecular weight is 397 g/mol. The van der Waals surface area contributed by atoms with Gasteiger partial charge in [-0.2, -0.15) is 0 Å². The highest BCUT2D eigenvalue weighted by molar-refractivity contribution is 5.96. The van der Waals surface area contributed by atoms with Crippen molar-refractivity contribution in [2.45, 2.75) is 63.2 Å². The van der Waals surface area contributed by atoms with Gasteiger partial charge in [0.25, 0.3) is 0 Å². The number of carbonyl (C=O) groups is 4. The summed E-state index contributed by atoms with van der Waals surface area (Å²) >= 11 is 0. The molecule has 2 aliphatic rings. The Balaban J connectivity index is 2.05. The van der Waals surface area contributed by atoms with Crippen molar-refractivity contribution < 1.29 is 34.5 Å². The number of carbonyl (C=O) groups excluding carboxylic acids is 3. The molecule has 0 radical (unpaired) electrons. The van der Waals surface area contributed by atoms with E-state index in [4.69, 9.17) is 10.8 Å². The number of carboxylic acid groups (broad SMARTS) is 1. The maximum absolute atomic E-state index is 12.5. The summed E-state index contributed by atoms with van der Waals surface area (Å²) in [5.41, 5.74) is 4.48. The van der Waals surface area contributed by atoms with E-state index in [-0.39, 0.29) is 31.4 Å². The van der Waals surface area contributed by atoms with E-state index in [1.165, 1.54) is 6.08 Å². The van der Waals surface area contributed by atoms with Crippen LogP contribution in [0.5, 0.6) is 0 Å². The summed E-state index contributed by atoms with van der Waals surface area (Å²) in [5.74, 6) is -2.76. The van der Waals surface area contributed by atoms with E-state index in [1.807, 2.05) is 0 Å². The molecule has 2 rings (SSSR count). The van der Waals surface area contributed by atoms with Crippen LogP contribution in [0.15, 0.2) is 11.6 Å². The van der Waals surface area contributed by atoms with Crippen molar-refractivity contribution in [2.24, 2.45) is 11.1 Å². The van der Waals surface area contributed by atoms with Gasteiger partial charge in [-0.1, -0.05) is 18.9 Å². The van der Waals surface area contributed by atoms with Crippen LogP contribution in [0.1, 0.15) is 44.9 Å². The second-order valence-corrected chi connectivity index (χ2v) is 7.65. The SMILES string of the molecule is NC(=O)CNC(=O)C1=CC(NC(=O)CC2(CC(=O)O)CCCC2)C(O)C(O)C1. The zero-order valence-electron chi connectivity index (χ0n) is 15.5. The monoisotopic (exact) mass is 397 g/mol. The molecule has 1 fully saturated rings. The Bertz CT molecular complexity index is 670. The lowest BCUT2D eigenvalue weighted by molar-refractivity contribution is -0.140. The molecule has 0 saturated heterocycles. The number of hydrogen-bond donors (Lipinski definition) is 6. The zero-order valence-corrected chi connectivity index (χ0v) is 15.5. The van der Waals surface area contributed by atoms with Gasteiger partial charge in [0.05, 0.1) is 25.1 Å². The van der Waals surface area contributed by atoms with Crippen molar-refractivity contribution in [3.05, 3.63) is 11.6 Å². The minimum Gasteiger partial charge on any atom is -0.481 e. The third-order valence-corrected chi connectivity index (χ3v) is 5.34. The molecule has 3 atom stereocenters.